The number of fused-ring (bicyclic) bond motifs is 1. The third-order valence-corrected chi connectivity index (χ3v) is 5.91. The van der Waals surface area contributed by atoms with Gasteiger partial charge in [-0.3, -0.25) is 4.98 Å². The molecular weight excluding hydrogens is 322 g/mol. The molecule has 4 heteroatoms. The predicted octanol–water partition coefficient (Wildman–Crippen LogP) is 3.94. The van der Waals surface area contributed by atoms with Crippen LogP contribution in [0.25, 0.3) is 0 Å². The van der Waals surface area contributed by atoms with Gasteiger partial charge in [0.2, 0.25) is 0 Å². The fraction of sp³-hybridized carbons (Fsp3) is 0.500. The molecule has 1 aromatic heterocycles. The largest absolute Gasteiger partial charge is 0.487 e. The van der Waals surface area contributed by atoms with Gasteiger partial charge in [0.25, 0.3) is 0 Å². The highest BCUT2D eigenvalue weighted by atomic mass is 16.5. The van der Waals surface area contributed by atoms with Crippen LogP contribution < -0.4 is 10.1 Å². The first-order valence-electron chi connectivity index (χ1n) is 9.79. The van der Waals surface area contributed by atoms with E-state index >= 15 is 0 Å². The second kappa shape index (κ2) is 7.37. The molecule has 0 radical (unpaired) electrons. The minimum Gasteiger partial charge on any atom is -0.487 e. The number of pyridine rings is 1. The Kier molecular flexibility index (Phi) is 4.96. The van der Waals surface area contributed by atoms with Crippen molar-refractivity contribution in [3.63, 3.8) is 0 Å². The molecule has 2 aliphatic rings. The van der Waals surface area contributed by atoms with Crippen LogP contribution in [0.1, 0.15) is 50.3 Å². The number of nitrogens with zero attached hydrogens (tertiary/aromatic N) is 2. The molecule has 1 fully saturated rings. The number of aromatic nitrogens is 1. The SMILES string of the molecule is CC(C)N1CCC2(CC1)CC(NCc1cccnc1)c1ccccc1O2. The molecule has 0 aliphatic carbocycles. The number of hydrogen-bond donors (Lipinski definition) is 1. The van der Waals surface area contributed by atoms with Crippen molar-refractivity contribution < 1.29 is 4.74 Å². The average Bonchev–Trinajstić information content (AvgIpc) is 2.67. The topological polar surface area (TPSA) is 37.4 Å². The van der Waals surface area contributed by atoms with Gasteiger partial charge >= 0.3 is 0 Å². The van der Waals surface area contributed by atoms with Crippen LogP contribution >= 0.6 is 0 Å². The lowest BCUT2D eigenvalue weighted by molar-refractivity contribution is -0.0314. The van der Waals surface area contributed by atoms with Gasteiger partial charge in [0, 0.05) is 56.1 Å². The van der Waals surface area contributed by atoms with E-state index in [1.165, 1.54) is 11.1 Å². The summed E-state index contributed by atoms with van der Waals surface area (Å²) in [5, 5.41) is 3.77. The first-order chi connectivity index (χ1) is 12.7. The molecule has 0 bridgehead atoms. The molecule has 4 rings (SSSR count). The predicted molar refractivity (Wildman–Crippen MR) is 104 cm³/mol. The van der Waals surface area contributed by atoms with Gasteiger partial charge in [-0.05, 0) is 44.4 Å². The zero-order valence-electron chi connectivity index (χ0n) is 15.8. The van der Waals surface area contributed by atoms with E-state index in [0.29, 0.717) is 12.1 Å². The lowest BCUT2D eigenvalue weighted by atomic mass is 9.80. The zero-order valence-corrected chi connectivity index (χ0v) is 15.8. The van der Waals surface area contributed by atoms with Crippen molar-refractivity contribution in [3.05, 3.63) is 59.9 Å². The summed E-state index contributed by atoms with van der Waals surface area (Å²) in [6, 6.07) is 13.6. The van der Waals surface area contributed by atoms with Gasteiger partial charge in [-0.1, -0.05) is 24.3 Å². The van der Waals surface area contributed by atoms with Crippen LogP contribution in [0.5, 0.6) is 5.75 Å². The Balaban J connectivity index is 1.52. The van der Waals surface area contributed by atoms with Crippen molar-refractivity contribution in [3.8, 4) is 5.75 Å². The second-order valence-electron chi connectivity index (χ2n) is 7.95. The summed E-state index contributed by atoms with van der Waals surface area (Å²) in [6.07, 6.45) is 7.01. The number of rotatable bonds is 4. The number of para-hydroxylation sites is 1. The van der Waals surface area contributed by atoms with E-state index in [1.807, 2.05) is 18.5 Å². The summed E-state index contributed by atoms with van der Waals surface area (Å²) < 4.78 is 6.59. The molecule has 26 heavy (non-hydrogen) atoms. The number of hydrogen-bond acceptors (Lipinski definition) is 4. The first kappa shape index (κ1) is 17.5. The molecule has 2 aliphatic heterocycles. The van der Waals surface area contributed by atoms with Crippen molar-refractivity contribution in [2.45, 2.75) is 57.3 Å². The molecule has 1 unspecified atom stereocenters. The summed E-state index contributed by atoms with van der Waals surface area (Å²) in [6.45, 7) is 7.64. The molecule has 138 valence electrons. The minimum absolute atomic E-state index is 0.0354. The lowest BCUT2D eigenvalue weighted by Crippen LogP contribution is -2.53. The van der Waals surface area contributed by atoms with Gasteiger partial charge in [0.1, 0.15) is 11.4 Å². The van der Waals surface area contributed by atoms with E-state index in [1.54, 1.807) is 0 Å². The summed E-state index contributed by atoms with van der Waals surface area (Å²) in [4.78, 5) is 6.79. The fourth-order valence-electron chi connectivity index (χ4n) is 4.30. The molecule has 0 saturated carbocycles. The van der Waals surface area contributed by atoms with Crippen LogP contribution in [0.3, 0.4) is 0 Å². The van der Waals surface area contributed by atoms with Crippen molar-refractivity contribution in [2.24, 2.45) is 0 Å². The minimum atomic E-state index is -0.0354. The summed E-state index contributed by atoms with van der Waals surface area (Å²) in [7, 11) is 0. The smallest absolute Gasteiger partial charge is 0.124 e. The van der Waals surface area contributed by atoms with Crippen molar-refractivity contribution in [1.29, 1.82) is 0 Å². The molecule has 4 nitrogen and oxygen atoms in total. The number of ether oxygens (including phenoxy) is 1. The zero-order chi connectivity index (χ0) is 18.0. The molecule has 0 amide bonds. The maximum Gasteiger partial charge on any atom is 0.124 e. The Morgan fingerprint density at radius 3 is 2.73 bits per heavy atom. The highest BCUT2D eigenvalue weighted by Crippen LogP contribution is 2.44. The maximum atomic E-state index is 6.59. The normalized spacial score (nSPS) is 22.2. The molecular formula is C22H29N3O. The Labute approximate surface area is 156 Å². The van der Waals surface area contributed by atoms with Crippen molar-refractivity contribution in [1.82, 2.24) is 15.2 Å². The first-order valence-corrected chi connectivity index (χ1v) is 9.79. The van der Waals surface area contributed by atoms with E-state index < -0.39 is 0 Å². The van der Waals surface area contributed by atoms with Crippen LogP contribution in [0.15, 0.2) is 48.8 Å². The Hall–Kier alpha value is -1.91. The molecule has 1 atom stereocenters. The Morgan fingerprint density at radius 1 is 1.19 bits per heavy atom. The number of benzene rings is 1. The highest BCUT2D eigenvalue weighted by molar-refractivity contribution is 5.39. The Morgan fingerprint density at radius 2 is 2.00 bits per heavy atom. The quantitative estimate of drug-likeness (QED) is 0.905. The monoisotopic (exact) mass is 351 g/mol. The van der Waals surface area contributed by atoms with E-state index in [2.05, 4.69) is 59.4 Å². The molecule has 1 spiro atoms. The van der Waals surface area contributed by atoms with Gasteiger partial charge in [0.05, 0.1) is 0 Å². The van der Waals surface area contributed by atoms with Crippen molar-refractivity contribution >= 4 is 0 Å². The van der Waals surface area contributed by atoms with Crippen LogP contribution in [-0.2, 0) is 6.54 Å². The van der Waals surface area contributed by atoms with E-state index in [-0.39, 0.29) is 5.60 Å². The average molecular weight is 351 g/mol. The summed E-state index contributed by atoms with van der Waals surface area (Å²) in [5.74, 6) is 1.06. The molecule has 2 aromatic rings. The van der Waals surface area contributed by atoms with Gasteiger partial charge in [0.15, 0.2) is 0 Å². The molecule has 1 aromatic carbocycles. The number of nitrogens with one attached hydrogen (secondary N) is 1. The number of likely N-dealkylation sites (tertiary alicyclic amines) is 1. The standard InChI is InChI=1S/C22H29N3O/c1-17(2)25-12-9-22(10-13-25)14-20(19-7-3-4-8-21(19)26-22)24-16-18-6-5-11-23-15-18/h3-8,11,15,17,20,24H,9-10,12-14,16H2,1-2H3. The van der Waals surface area contributed by atoms with E-state index in [0.717, 1.165) is 44.6 Å². The lowest BCUT2D eigenvalue weighted by Gasteiger charge is -2.48. The fourth-order valence-corrected chi connectivity index (χ4v) is 4.30. The summed E-state index contributed by atoms with van der Waals surface area (Å²) in [5.41, 5.74) is 2.47. The van der Waals surface area contributed by atoms with Gasteiger partial charge in [-0.25, -0.2) is 0 Å². The third kappa shape index (κ3) is 3.62. The van der Waals surface area contributed by atoms with E-state index in [9.17, 15) is 0 Å². The van der Waals surface area contributed by atoms with Crippen LogP contribution in [0.2, 0.25) is 0 Å². The van der Waals surface area contributed by atoms with Gasteiger partial charge < -0.3 is 15.0 Å². The summed E-state index contributed by atoms with van der Waals surface area (Å²) >= 11 is 0. The van der Waals surface area contributed by atoms with Crippen LogP contribution in [0, 0.1) is 0 Å². The molecule has 3 heterocycles. The van der Waals surface area contributed by atoms with Gasteiger partial charge in [-0.15, -0.1) is 0 Å². The molecule has 1 saturated heterocycles. The number of piperidine rings is 1. The maximum absolute atomic E-state index is 6.59. The van der Waals surface area contributed by atoms with Crippen molar-refractivity contribution in [2.75, 3.05) is 13.1 Å². The molecule has 1 N–H and O–H groups in total. The second-order valence-corrected chi connectivity index (χ2v) is 7.95. The van der Waals surface area contributed by atoms with Gasteiger partial charge in [-0.2, -0.15) is 0 Å². The van der Waals surface area contributed by atoms with Crippen LogP contribution in [0.4, 0.5) is 0 Å². The third-order valence-electron chi connectivity index (χ3n) is 5.91. The van der Waals surface area contributed by atoms with Crippen LogP contribution in [-0.4, -0.2) is 34.6 Å². The highest BCUT2D eigenvalue weighted by Gasteiger charge is 2.43. The Bertz CT molecular complexity index is 723. The van der Waals surface area contributed by atoms with E-state index in [4.69, 9.17) is 4.74 Å².